The number of hydrogen-bond acceptors (Lipinski definition) is 4. The molecule has 2 amide bonds. The van der Waals surface area contributed by atoms with Crippen molar-refractivity contribution in [3.05, 3.63) is 0 Å². The van der Waals surface area contributed by atoms with Crippen LogP contribution in [0.4, 0.5) is 13.6 Å². The number of quaternary nitrogens is 1. The second-order valence-corrected chi connectivity index (χ2v) is 7.17. The molecule has 2 aliphatic rings. The fourth-order valence-electron chi connectivity index (χ4n) is 3.59. The molecule has 2 fully saturated rings. The summed E-state index contributed by atoms with van der Waals surface area (Å²) in [4.78, 5) is 25.4. The Bertz CT molecular complexity index is 472. The molecule has 2 aliphatic heterocycles. The van der Waals surface area contributed by atoms with Crippen LogP contribution in [0.2, 0.25) is 0 Å². The van der Waals surface area contributed by atoms with E-state index in [0.717, 1.165) is 4.90 Å². The summed E-state index contributed by atoms with van der Waals surface area (Å²) in [6, 6.07) is -1.10. The van der Waals surface area contributed by atoms with Crippen molar-refractivity contribution in [2.75, 3.05) is 19.6 Å². The Hall–Kier alpha value is -1.28. The summed E-state index contributed by atoms with van der Waals surface area (Å²) in [7, 11) is 0. The van der Waals surface area contributed by atoms with Crippen LogP contribution in [0.15, 0.2) is 0 Å². The molecule has 0 spiro atoms. The number of likely N-dealkylation sites (tertiary alicyclic amines) is 2. The van der Waals surface area contributed by atoms with Crippen LogP contribution in [-0.2, 0) is 4.79 Å². The van der Waals surface area contributed by atoms with E-state index < -0.39 is 46.5 Å². The van der Waals surface area contributed by atoms with Gasteiger partial charge < -0.3 is 19.9 Å². The molecule has 2 rings (SSSR count). The molecule has 6 nitrogen and oxygen atoms in total. The summed E-state index contributed by atoms with van der Waals surface area (Å²) in [5.41, 5.74) is -0.902. The van der Waals surface area contributed by atoms with Gasteiger partial charge in [0.2, 0.25) is 0 Å². The minimum Gasteiger partial charge on any atom is -0.498 e. The van der Waals surface area contributed by atoms with Crippen LogP contribution in [0, 0.1) is 0 Å². The summed E-state index contributed by atoms with van der Waals surface area (Å²) in [6.07, 6.45) is -6.01. The monoisotopic (exact) mass is 320 g/mol. The molecule has 2 saturated heterocycles. The van der Waals surface area contributed by atoms with Gasteiger partial charge in [-0.2, -0.15) is 0 Å². The van der Waals surface area contributed by atoms with Gasteiger partial charge in [-0.3, -0.25) is 9.28 Å². The van der Waals surface area contributed by atoms with Crippen molar-refractivity contribution in [3.8, 4) is 0 Å². The number of alkyl halides is 2. The van der Waals surface area contributed by atoms with Crippen LogP contribution < -0.4 is 5.11 Å². The van der Waals surface area contributed by atoms with E-state index in [1.807, 2.05) is 0 Å². The van der Waals surface area contributed by atoms with Gasteiger partial charge >= 0.3 is 0 Å². The quantitative estimate of drug-likeness (QED) is 0.667. The summed E-state index contributed by atoms with van der Waals surface area (Å²) in [5, 5.41) is 21.7. The van der Waals surface area contributed by atoms with Gasteiger partial charge in [-0.25, -0.2) is 8.78 Å². The maximum atomic E-state index is 13.3. The molecule has 0 radical (unpaired) electrons. The van der Waals surface area contributed by atoms with E-state index in [1.165, 1.54) is 0 Å². The molecule has 0 aromatic carbocycles. The van der Waals surface area contributed by atoms with E-state index in [2.05, 4.69) is 0 Å². The third kappa shape index (κ3) is 2.48. The molecular formula is C14H22F2N2O4. The highest BCUT2D eigenvalue weighted by Crippen LogP contribution is 2.38. The zero-order valence-corrected chi connectivity index (χ0v) is 13.0. The Morgan fingerprint density at radius 1 is 1.23 bits per heavy atom. The third-order valence-electron chi connectivity index (χ3n) is 4.83. The lowest BCUT2D eigenvalue weighted by Gasteiger charge is -2.48. The molecule has 0 bridgehead atoms. The first-order chi connectivity index (χ1) is 10.0. The topological polar surface area (TPSA) is 80.7 Å². The second-order valence-electron chi connectivity index (χ2n) is 7.17. The van der Waals surface area contributed by atoms with Crippen molar-refractivity contribution < 1.29 is 33.1 Å². The van der Waals surface area contributed by atoms with E-state index in [1.54, 1.807) is 20.8 Å². The molecule has 1 N–H and O–H groups in total. The summed E-state index contributed by atoms with van der Waals surface area (Å²) >= 11 is 0. The van der Waals surface area contributed by atoms with Gasteiger partial charge in [0.25, 0.3) is 12.0 Å². The van der Waals surface area contributed by atoms with Crippen LogP contribution in [0.5, 0.6) is 0 Å². The Balaban J connectivity index is 2.35. The minimum atomic E-state index is -1.75. The summed E-state index contributed by atoms with van der Waals surface area (Å²) < 4.78 is 25.9. The molecule has 0 saturated carbocycles. The fourth-order valence-corrected chi connectivity index (χ4v) is 3.59. The van der Waals surface area contributed by atoms with Gasteiger partial charge in [-0.15, -0.1) is 0 Å². The van der Waals surface area contributed by atoms with E-state index in [9.17, 15) is 28.6 Å². The first-order valence-corrected chi connectivity index (χ1v) is 7.35. The average Bonchev–Trinajstić information content (AvgIpc) is 2.90. The zero-order chi connectivity index (χ0) is 16.9. The largest absolute Gasteiger partial charge is 0.498 e. The zero-order valence-electron chi connectivity index (χ0n) is 13.0. The van der Waals surface area contributed by atoms with Gasteiger partial charge in [-0.1, -0.05) is 0 Å². The highest BCUT2D eigenvalue weighted by molar-refractivity contribution is 5.83. The van der Waals surface area contributed by atoms with E-state index >= 15 is 0 Å². The molecule has 0 aromatic rings. The summed E-state index contributed by atoms with van der Waals surface area (Å²) in [6.45, 7) is 3.99. The summed E-state index contributed by atoms with van der Waals surface area (Å²) in [5.74, 6) is -0.640. The van der Waals surface area contributed by atoms with Gasteiger partial charge in [0, 0.05) is 6.42 Å². The average molecular weight is 320 g/mol. The normalized spacial score (nSPS) is 39.3. The number of nitrogens with zero attached hydrogens (tertiary/aromatic N) is 2. The maximum absolute atomic E-state index is 13.3. The van der Waals surface area contributed by atoms with Gasteiger partial charge in [0.1, 0.15) is 12.6 Å². The Morgan fingerprint density at radius 2 is 1.73 bits per heavy atom. The number of carbonyl (C=O) groups is 2. The third-order valence-corrected chi connectivity index (χ3v) is 4.83. The standard InChI is InChI=1S/C14H22F2N2O4/c1-14(2,3)18(13(21)22)7-8(19)4-11(18)12(20)17-5-9(15)10(16)6-17/h8-11,19H,4-7H2,1-3H3/t8-,9-,10+,11+,18?/m1/s1. The SMILES string of the molecule is CC(C)(C)[N+]1(C(=O)[O-])C[C@H](O)C[C@H]1C(=O)N1C[C@@H](F)[C@@H](F)C1. The Morgan fingerprint density at radius 3 is 2.14 bits per heavy atom. The van der Waals surface area contributed by atoms with E-state index in [4.69, 9.17) is 0 Å². The number of aliphatic hydroxyl groups excluding tert-OH is 1. The number of aliphatic hydroxyl groups is 1. The van der Waals surface area contributed by atoms with Crippen LogP contribution in [-0.4, -0.2) is 76.2 Å². The Kier molecular flexibility index (Phi) is 4.20. The van der Waals surface area contributed by atoms with Crippen LogP contribution >= 0.6 is 0 Å². The van der Waals surface area contributed by atoms with Crippen LogP contribution in [0.25, 0.3) is 0 Å². The first kappa shape index (κ1) is 17.1. The molecule has 5 atom stereocenters. The smallest absolute Gasteiger partial charge is 0.281 e. The van der Waals surface area contributed by atoms with Crippen molar-refractivity contribution in [2.45, 2.75) is 57.2 Å². The van der Waals surface area contributed by atoms with Gasteiger partial charge in [-0.05, 0) is 20.8 Å². The van der Waals surface area contributed by atoms with E-state index in [-0.39, 0.29) is 26.1 Å². The highest BCUT2D eigenvalue weighted by atomic mass is 19.2. The predicted octanol–water partition coefficient (Wildman–Crippen LogP) is -0.403. The first-order valence-electron chi connectivity index (χ1n) is 7.35. The van der Waals surface area contributed by atoms with Crippen LogP contribution in [0.1, 0.15) is 27.2 Å². The van der Waals surface area contributed by atoms with Gasteiger partial charge in [0.05, 0.1) is 18.6 Å². The highest BCUT2D eigenvalue weighted by Gasteiger charge is 2.59. The van der Waals surface area contributed by atoms with Crippen LogP contribution in [0.3, 0.4) is 0 Å². The number of halogens is 2. The lowest BCUT2D eigenvalue weighted by atomic mass is 9.99. The fraction of sp³-hybridized carbons (Fsp3) is 0.857. The van der Waals surface area contributed by atoms with Gasteiger partial charge in [0.15, 0.2) is 18.4 Å². The molecule has 2 heterocycles. The second kappa shape index (κ2) is 5.42. The molecular weight excluding hydrogens is 298 g/mol. The molecule has 8 heteroatoms. The number of carbonyl (C=O) groups excluding carboxylic acids is 2. The van der Waals surface area contributed by atoms with Crippen molar-refractivity contribution in [2.24, 2.45) is 0 Å². The Labute approximate surface area is 127 Å². The number of amides is 2. The molecule has 22 heavy (non-hydrogen) atoms. The number of carboxylic acid groups (broad SMARTS) is 1. The lowest BCUT2D eigenvalue weighted by Crippen LogP contribution is -2.72. The van der Waals surface area contributed by atoms with Crippen molar-refractivity contribution >= 4 is 12.0 Å². The molecule has 1 unspecified atom stereocenters. The molecule has 0 aromatic heterocycles. The lowest BCUT2D eigenvalue weighted by molar-refractivity contribution is -0.923. The van der Waals surface area contributed by atoms with E-state index in [0.29, 0.717) is 0 Å². The van der Waals surface area contributed by atoms with Crippen molar-refractivity contribution in [1.82, 2.24) is 4.90 Å². The predicted molar refractivity (Wildman–Crippen MR) is 71.1 cm³/mol. The number of rotatable bonds is 1. The van der Waals surface area contributed by atoms with Crippen molar-refractivity contribution in [3.63, 3.8) is 0 Å². The number of hydrogen-bond donors (Lipinski definition) is 1. The molecule has 0 aliphatic carbocycles. The van der Waals surface area contributed by atoms with Crippen molar-refractivity contribution in [1.29, 1.82) is 0 Å². The molecule has 126 valence electrons. The minimum absolute atomic E-state index is 0.0610. The maximum Gasteiger partial charge on any atom is 0.281 e.